The van der Waals surface area contributed by atoms with E-state index in [4.69, 9.17) is 16.3 Å². The number of carbonyl (C=O) groups excluding carboxylic acids is 2. The van der Waals surface area contributed by atoms with E-state index in [1.165, 1.54) is 24.1 Å². The first-order valence-corrected chi connectivity index (χ1v) is 17.6. The summed E-state index contributed by atoms with van der Waals surface area (Å²) in [6, 6.07) is 28.9. The molecule has 1 fully saturated rings. The Morgan fingerprint density at radius 3 is 2.23 bits per heavy atom. The molecule has 0 spiro atoms. The Balaban J connectivity index is 1.59. The molecule has 1 N–H and O–H groups in total. The van der Waals surface area contributed by atoms with Crippen LogP contribution in [0.5, 0.6) is 5.75 Å². The van der Waals surface area contributed by atoms with E-state index >= 15 is 0 Å². The maximum Gasteiger partial charge on any atom is 0.264 e. The molecule has 5 rings (SSSR count). The molecule has 0 aliphatic heterocycles. The summed E-state index contributed by atoms with van der Waals surface area (Å²) in [5.41, 5.74) is 2.69. The summed E-state index contributed by atoms with van der Waals surface area (Å²) in [6.45, 7) is 1.34. The molecule has 4 aromatic carbocycles. The van der Waals surface area contributed by atoms with Gasteiger partial charge < -0.3 is 15.0 Å². The Morgan fingerprint density at radius 1 is 0.894 bits per heavy atom. The number of hydrogen-bond acceptors (Lipinski definition) is 5. The molecule has 10 heteroatoms. The molecule has 1 atom stereocenters. The highest BCUT2D eigenvalue weighted by molar-refractivity contribution is 7.92. The normalized spacial score (nSPS) is 13.9. The van der Waals surface area contributed by atoms with Gasteiger partial charge in [-0.1, -0.05) is 96.7 Å². The fourth-order valence-corrected chi connectivity index (χ4v) is 7.58. The number of sulfonamides is 1. The van der Waals surface area contributed by atoms with E-state index < -0.39 is 28.5 Å². The third-order valence-electron chi connectivity index (χ3n) is 8.46. The van der Waals surface area contributed by atoms with Gasteiger partial charge in [-0.2, -0.15) is 0 Å². The van der Waals surface area contributed by atoms with Crippen LogP contribution in [-0.4, -0.2) is 50.9 Å². The van der Waals surface area contributed by atoms with Crippen LogP contribution < -0.4 is 14.4 Å². The second kappa shape index (κ2) is 15.5. The van der Waals surface area contributed by atoms with Gasteiger partial charge in [0.05, 0.1) is 17.7 Å². The highest BCUT2D eigenvalue weighted by Crippen LogP contribution is 2.33. The van der Waals surface area contributed by atoms with Crippen molar-refractivity contribution in [3.8, 4) is 5.75 Å². The zero-order valence-corrected chi connectivity index (χ0v) is 28.2. The van der Waals surface area contributed by atoms with Crippen molar-refractivity contribution in [2.75, 3.05) is 18.0 Å². The Hall–Kier alpha value is -4.34. The number of aryl methyl sites for hydroxylation is 1. The minimum Gasteiger partial charge on any atom is -0.495 e. The van der Waals surface area contributed by atoms with Crippen LogP contribution in [0.3, 0.4) is 0 Å². The minimum absolute atomic E-state index is 0.0240. The molecule has 0 radical (unpaired) electrons. The lowest BCUT2D eigenvalue weighted by molar-refractivity contribution is -0.140. The van der Waals surface area contributed by atoms with Gasteiger partial charge in [-0.05, 0) is 67.3 Å². The first-order valence-electron chi connectivity index (χ1n) is 15.8. The molecule has 2 amide bonds. The molecule has 1 aliphatic carbocycles. The molecule has 8 nitrogen and oxygen atoms in total. The van der Waals surface area contributed by atoms with E-state index in [1.54, 1.807) is 54.6 Å². The quantitative estimate of drug-likeness (QED) is 0.174. The van der Waals surface area contributed by atoms with Crippen LogP contribution in [0.25, 0.3) is 0 Å². The Bertz CT molecular complexity index is 1780. The average molecular weight is 674 g/mol. The molecule has 0 unspecified atom stereocenters. The lowest BCUT2D eigenvalue weighted by Gasteiger charge is -2.34. The Kier molecular flexibility index (Phi) is 11.2. The van der Waals surface area contributed by atoms with Gasteiger partial charge in [0.2, 0.25) is 11.8 Å². The van der Waals surface area contributed by atoms with Gasteiger partial charge in [-0.25, -0.2) is 8.42 Å². The van der Waals surface area contributed by atoms with Gasteiger partial charge in [-0.15, -0.1) is 0 Å². The number of ether oxygens (including phenoxy) is 1. The van der Waals surface area contributed by atoms with E-state index in [9.17, 15) is 18.0 Å². The van der Waals surface area contributed by atoms with E-state index in [2.05, 4.69) is 5.32 Å². The van der Waals surface area contributed by atoms with Crippen molar-refractivity contribution in [2.24, 2.45) is 0 Å². The number of nitrogens with zero attached hydrogens (tertiary/aromatic N) is 2. The number of carbonyl (C=O) groups is 2. The van der Waals surface area contributed by atoms with E-state index in [0.29, 0.717) is 10.6 Å². The summed E-state index contributed by atoms with van der Waals surface area (Å²) < 4.78 is 35.2. The van der Waals surface area contributed by atoms with Crippen LogP contribution in [0.4, 0.5) is 5.69 Å². The first kappa shape index (κ1) is 34.0. The lowest BCUT2D eigenvalue weighted by atomic mass is 10.0. The minimum atomic E-state index is -4.25. The predicted molar refractivity (Wildman–Crippen MR) is 185 cm³/mol. The van der Waals surface area contributed by atoms with Gasteiger partial charge in [0, 0.05) is 24.0 Å². The van der Waals surface area contributed by atoms with Crippen molar-refractivity contribution in [2.45, 2.75) is 62.6 Å². The molecular formula is C37H40ClN3O5S. The number of amides is 2. The second-order valence-electron chi connectivity index (χ2n) is 11.8. The van der Waals surface area contributed by atoms with Gasteiger partial charge >= 0.3 is 0 Å². The van der Waals surface area contributed by atoms with Crippen LogP contribution in [0, 0.1) is 6.92 Å². The number of benzene rings is 4. The van der Waals surface area contributed by atoms with Gasteiger partial charge in [0.25, 0.3) is 10.0 Å². The van der Waals surface area contributed by atoms with Crippen LogP contribution >= 0.6 is 11.6 Å². The maximum absolute atomic E-state index is 14.7. The smallest absolute Gasteiger partial charge is 0.264 e. The fourth-order valence-electron chi connectivity index (χ4n) is 5.94. The standard InChI is InChI=1S/C37H40ClN3O5S/c1-27-19-21-32(22-20-27)47(44,45)41(33-17-8-9-18-35(33)46-2)26-36(42)40(25-29-13-10-14-30(38)23-29)34(24-28-11-4-3-5-12-28)37(43)39-31-15-6-7-16-31/h3-5,8-14,17-23,31,34H,6-7,15-16,24-26H2,1-2H3,(H,39,43)/t34-/m0/s1. The zero-order valence-electron chi connectivity index (χ0n) is 26.6. The van der Waals surface area contributed by atoms with Gasteiger partial charge in [0.1, 0.15) is 18.3 Å². The van der Waals surface area contributed by atoms with Crippen molar-refractivity contribution >= 4 is 39.1 Å². The number of halogens is 1. The van der Waals surface area contributed by atoms with Crippen LogP contribution in [0.15, 0.2) is 108 Å². The Morgan fingerprint density at radius 2 is 1.55 bits per heavy atom. The summed E-state index contributed by atoms with van der Waals surface area (Å²) in [5, 5.41) is 3.67. The monoisotopic (exact) mass is 673 g/mol. The summed E-state index contributed by atoms with van der Waals surface area (Å²) in [7, 11) is -2.80. The molecule has 0 bridgehead atoms. The van der Waals surface area contributed by atoms with Crippen molar-refractivity contribution in [1.29, 1.82) is 0 Å². The highest BCUT2D eigenvalue weighted by Gasteiger charge is 2.36. The topological polar surface area (TPSA) is 96.0 Å². The number of rotatable bonds is 13. The summed E-state index contributed by atoms with van der Waals surface area (Å²) in [6.07, 6.45) is 4.06. The van der Waals surface area contributed by atoms with Crippen LogP contribution in [0.2, 0.25) is 5.02 Å². The molecule has 0 heterocycles. The first-order chi connectivity index (χ1) is 22.7. The molecule has 47 heavy (non-hydrogen) atoms. The summed E-state index contributed by atoms with van der Waals surface area (Å²) in [4.78, 5) is 30.3. The largest absolute Gasteiger partial charge is 0.495 e. The number of anilines is 1. The van der Waals surface area contributed by atoms with Gasteiger partial charge in [0.15, 0.2) is 0 Å². The summed E-state index contributed by atoms with van der Waals surface area (Å²) in [5.74, 6) is -0.535. The lowest BCUT2D eigenvalue weighted by Crippen LogP contribution is -2.54. The predicted octanol–water partition coefficient (Wildman–Crippen LogP) is 6.55. The molecule has 246 valence electrons. The zero-order chi connectivity index (χ0) is 33.4. The van der Waals surface area contributed by atoms with Crippen LogP contribution in [-0.2, 0) is 32.6 Å². The van der Waals surface area contributed by atoms with Crippen molar-refractivity contribution in [1.82, 2.24) is 10.2 Å². The maximum atomic E-state index is 14.7. The van der Waals surface area contributed by atoms with Gasteiger partial charge in [-0.3, -0.25) is 13.9 Å². The molecule has 4 aromatic rings. The summed E-state index contributed by atoms with van der Waals surface area (Å²) >= 11 is 6.35. The van der Waals surface area contributed by atoms with E-state index in [-0.39, 0.29) is 41.2 Å². The van der Waals surface area contributed by atoms with Crippen molar-refractivity contribution < 1.29 is 22.7 Å². The van der Waals surface area contributed by atoms with Crippen molar-refractivity contribution in [3.05, 3.63) is 125 Å². The molecule has 1 saturated carbocycles. The number of methoxy groups -OCH3 is 1. The average Bonchev–Trinajstić information content (AvgIpc) is 3.59. The molecular weight excluding hydrogens is 634 g/mol. The third-order valence-corrected chi connectivity index (χ3v) is 10.5. The van der Waals surface area contributed by atoms with Crippen LogP contribution in [0.1, 0.15) is 42.4 Å². The Labute approximate surface area is 282 Å². The molecule has 1 aliphatic rings. The van der Waals surface area contributed by atoms with E-state index in [1.807, 2.05) is 43.3 Å². The second-order valence-corrected chi connectivity index (χ2v) is 14.1. The third kappa shape index (κ3) is 8.53. The molecule has 0 aromatic heterocycles. The highest BCUT2D eigenvalue weighted by atomic mass is 35.5. The van der Waals surface area contributed by atoms with Crippen molar-refractivity contribution in [3.63, 3.8) is 0 Å². The number of para-hydroxylation sites is 2. The number of nitrogens with one attached hydrogen (secondary N) is 1. The number of hydrogen-bond donors (Lipinski definition) is 1. The fraction of sp³-hybridized carbons (Fsp3) is 0.297. The van der Waals surface area contributed by atoms with E-state index in [0.717, 1.165) is 41.1 Å². The SMILES string of the molecule is COc1ccccc1N(CC(=O)N(Cc1cccc(Cl)c1)[C@@H](Cc1ccccc1)C(=O)NC1CCCC1)S(=O)(=O)c1ccc(C)cc1. The molecule has 0 saturated heterocycles.